The summed E-state index contributed by atoms with van der Waals surface area (Å²) in [4.78, 5) is 13.8. The van der Waals surface area contributed by atoms with Crippen molar-refractivity contribution in [1.82, 2.24) is 4.90 Å². The van der Waals surface area contributed by atoms with Gasteiger partial charge in [0, 0.05) is 13.1 Å². The minimum atomic E-state index is -0.0498. The first-order chi connectivity index (χ1) is 7.69. The largest absolute Gasteiger partial charge is 0.469 e. The topological polar surface area (TPSA) is 55.6 Å². The monoisotopic (exact) mass is 226 g/mol. The maximum absolute atomic E-state index is 11.4. The SMILES string of the molecule is COC(=O)C1CCN(CC2(CCN)CC2)C1. The van der Waals surface area contributed by atoms with Crippen LogP contribution in [0.4, 0.5) is 0 Å². The van der Waals surface area contributed by atoms with E-state index in [0.29, 0.717) is 5.41 Å². The number of hydrogen-bond acceptors (Lipinski definition) is 4. The molecule has 1 aliphatic carbocycles. The van der Waals surface area contributed by atoms with Crippen LogP contribution in [0.3, 0.4) is 0 Å². The van der Waals surface area contributed by atoms with E-state index in [-0.39, 0.29) is 11.9 Å². The highest BCUT2D eigenvalue weighted by molar-refractivity contribution is 5.72. The molecule has 4 heteroatoms. The van der Waals surface area contributed by atoms with Crippen LogP contribution in [0, 0.1) is 11.3 Å². The van der Waals surface area contributed by atoms with E-state index in [2.05, 4.69) is 4.90 Å². The molecule has 1 unspecified atom stereocenters. The smallest absolute Gasteiger partial charge is 0.310 e. The van der Waals surface area contributed by atoms with Crippen molar-refractivity contribution >= 4 is 5.97 Å². The Hall–Kier alpha value is -0.610. The van der Waals surface area contributed by atoms with Crippen molar-refractivity contribution in [3.05, 3.63) is 0 Å². The zero-order chi connectivity index (χ0) is 11.6. The molecule has 0 spiro atoms. The molecule has 1 atom stereocenters. The standard InChI is InChI=1S/C12H22N2O2/c1-16-11(15)10-2-7-14(8-10)9-12(3-4-12)5-6-13/h10H,2-9,13H2,1H3. The zero-order valence-electron chi connectivity index (χ0n) is 10.1. The van der Waals surface area contributed by atoms with E-state index < -0.39 is 0 Å². The maximum atomic E-state index is 11.4. The summed E-state index contributed by atoms with van der Waals surface area (Å²) in [7, 11) is 1.47. The van der Waals surface area contributed by atoms with Gasteiger partial charge in [0.25, 0.3) is 0 Å². The number of likely N-dealkylation sites (tertiary alicyclic amines) is 1. The molecule has 2 rings (SSSR count). The fraction of sp³-hybridized carbons (Fsp3) is 0.917. The fourth-order valence-electron chi connectivity index (χ4n) is 2.78. The molecular weight excluding hydrogens is 204 g/mol. The number of nitrogens with zero attached hydrogens (tertiary/aromatic N) is 1. The lowest BCUT2D eigenvalue weighted by Gasteiger charge is -2.22. The van der Waals surface area contributed by atoms with Crippen molar-refractivity contribution in [2.45, 2.75) is 25.7 Å². The molecule has 4 nitrogen and oxygen atoms in total. The van der Waals surface area contributed by atoms with Gasteiger partial charge in [-0.25, -0.2) is 0 Å². The first-order valence-electron chi connectivity index (χ1n) is 6.19. The molecule has 1 saturated carbocycles. The van der Waals surface area contributed by atoms with Gasteiger partial charge in [-0.3, -0.25) is 4.79 Å². The second kappa shape index (κ2) is 4.72. The van der Waals surface area contributed by atoms with E-state index in [1.54, 1.807) is 0 Å². The van der Waals surface area contributed by atoms with E-state index in [0.717, 1.165) is 39.0 Å². The summed E-state index contributed by atoms with van der Waals surface area (Å²) in [6, 6.07) is 0. The summed E-state index contributed by atoms with van der Waals surface area (Å²) in [5.41, 5.74) is 6.12. The number of ether oxygens (including phenoxy) is 1. The molecule has 92 valence electrons. The molecule has 2 N–H and O–H groups in total. The molecule has 1 aliphatic heterocycles. The molecule has 0 aromatic carbocycles. The predicted molar refractivity (Wildman–Crippen MR) is 61.9 cm³/mol. The highest BCUT2D eigenvalue weighted by Gasteiger charge is 2.44. The molecule has 0 bridgehead atoms. The number of methoxy groups -OCH3 is 1. The minimum Gasteiger partial charge on any atom is -0.469 e. The molecule has 2 fully saturated rings. The number of rotatable bonds is 5. The van der Waals surface area contributed by atoms with Gasteiger partial charge in [-0.1, -0.05) is 0 Å². The van der Waals surface area contributed by atoms with Gasteiger partial charge in [-0.05, 0) is 44.2 Å². The quantitative estimate of drug-likeness (QED) is 0.698. The fourth-order valence-corrected chi connectivity index (χ4v) is 2.78. The van der Waals surface area contributed by atoms with Gasteiger partial charge in [0.15, 0.2) is 0 Å². The molecule has 0 aromatic heterocycles. The van der Waals surface area contributed by atoms with Crippen LogP contribution in [0.15, 0.2) is 0 Å². The number of esters is 1. The van der Waals surface area contributed by atoms with Gasteiger partial charge >= 0.3 is 5.97 Å². The van der Waals surface area contributed by atoms with E-state index in [4.69, 9.17) is 10.5 Å². The van der Waals surface area contributed by atoms with Crippen LogP contribution >= 0.6 is 0 Å². The van der Waals surface area contributed by atoms with Gasteiger partial charge in [0.1, 0.15) is 0 Å². The molecular formula is C12H22N2O2. The molecule has 0 amide bonds. The summed E-state index contributed by atoms with van der Waals surface area (Å²) in [6.45, 7) is 3.82. The van der Waals surface area contributed by atoms with Crippen molar-refractivity contribution in [3.63, 3.8) is 0 Å². The highest BCUT2D eigenvalue weighted by atomic mass is 16.5. The van der Waals surface area contributed by atoms with Gasteiger partial charge < -0.3 is 15.4 Å². The van der Waals surface area contributed by atoms with Crippen LogP contribution < -0.4 is 5.73 Å². The van der Waals surface area contributed by atoms with E-state index in [1.165, 1.54) is 20.0 Å². The number of hydrogen-bond donors (Lipinski definition) is 1. The summed E-state index contributed by atoms with van der Waals surface area (Å²) < 4.78 is 4.79. The van der Waals surface area contributed by atoms with Crippen LogP contribution in [0.1, 0.15) is 25.7 Å². The van der Waals surface area contributed by atoms with Gasteiger partial charge in [0.05, 0.1) is 13.0 Å². The van der Waals surface area contributed by atoms with Crippen LogP contribution in [-0.2, 0) is 9.53 Å². The summed E-state index contributed by atoms with van der Waals surface area (Å²) in [5.74, 6) is 0.0462. The number of carbonyl (C=O) groups is 1. The Kier molecular flexibility index (Phi) is 3.50. The van der Waals surface area contributed by atoms with Crippen LogP contribution in [-0.4, -0.2) is 44.2 Å². The highest BCUT2D eigenvalue weighted by Crippen LogP contribution is 2.49. The lowest BCUT2D eigenvalue weighted by atomic mass is 10.0. The third kappa shape index (κ3) is 2.55. The summed E-state index contributed by atoms with van der Waals surface area (Å²) in [5, 5.41) is 0. The lowest BCUT2D eigenvalue weighted by Crippen LogP contribution is -2.31. The van der Waals surface area contributed by atoms with Crippen LogP contribution in [0.2, 0.25) is 0 Å². The Balaban J connectivity index is 1.79. The third-order valence-electron chi connectivity index (χ3n) is 4.00. The van der Waals surface area contributed by atoms with Crippen molar-refractivity contribution in [1.29, 1.82) is 0 Å². The molecule has 1 saturated heterocycles. The van der Waals surface area contributed by atoms with Crippen molar-refractivity contribution < 1.29 is 9.53 Å². The average Bonchev–Trinajstić information content (AvgIpc) is 2.87. The van der Waals surface area contributed by atoms with Gasteiger partial charge in [0.2, 0.25) is 0 Å². The van der Waals surface area contributed by atoms with Crippen molar-refractivity contribution in [2.24, 2.45) is 17.1 Å². The Bertz CT molecular complexity index is 264. The molecule has 16 heavy (non-hydrogen) atoms. The minimum absolute atomic E-state index is 0.0498. The Labute approximate surface area is 97.1 Å². The third-order valence-corrected chi connectivity index (χ3v) is 4.00. The average molecular weight is 226 g/mol. The molecule has 0 radical (unpaired) electrons. The first kappa shape index (κ1) is 11.9. The maximum Gasteiger partial charge on any atom is 0.310 e. The van der Waals surface area contributed by atoms with E-state index in [1.807, 2.05) is 0 Å². The van der Waals surface area contributed by atoms with Crippen LogP contribution in [0.5, 0.6) is 0 Å². The Morgan fingerprint density at radius 3 is 2.88 bits per heavy atom. The van der Waals surface area contributed by atoms with E-state index in [9.17, 15) is 4.79 Å². The first-order valence-corrected chi connectivity index (χ1v) is 6.19. The Morgan fingerprint density at radius 1 is 1.56 bits per heavy atom. The Morgan fingerprint density at radius 2 is 2.31 bits per heavy atom. The lowest BCUT2D eigenvalue weighted by molar-refractivity contribution is -0.144. The molecule has 0 aromatic rings. The van der Waals surface area contributed by atoms with Crippen molar-refractivity contribution in [2.75, 3.05) is 33.3 Å². The van der Waals surface area contributed by atoms with E-state index >= 15 is 0 Å². The molecule has 1 heterocycles. The van der Waals surface area contributed by atoms with Gasteiger partial charge in [-0.2, -0.15) is 0 Å². The number of nitrogens with two attached hydrogens (primary N) is 1. The second-order valence-electron chi connectivity index (χ2n) is 5.28. The summed E-state index contributed by atoms with van der Waals surface area (Å²) in [6.07, 6.45) is 4.70. The predicted octanol–water partition coefficient (Wildman–Crippen LogP) is 0.610. The van der Waals surface area contributed by atoms with Gasteiger partial charge in [-0.15, -0.1) is 0 Å². The summed E-state index contributed by atoms with van der Waals surface area (Å²) >= 11 is 0. The zero-order valence-corrected chi connectivity index (χ0v) is 10.1. The second-order valence-corrected chi connectivity index (χ2v) is 5.28. The van der Waals surface area contributed by atoms with Crippen LogP contribution in [0.25, 0.3) is 0 Å². The molecule has 2 aliphatic rings. The van der Waals surface area contributed by atoms with Crippen molar-refractivity contribution in [3.8, 4) is 0 Å². The normalized spacial score (nSPS) is 28.0. The number of carbonyl (C=O) groups excluding carboxylic acids is 1.